The smallest absolute Gasteiger partial charge is 0.258 e. The molecule has 13 heteroatoms. The van der Waals surface area contributed by atoms with Gasteiger partial charge in [-0.3, -0.25) is 9.78 Å². The van der Waals surface area contributed by atoms with Gasteiger partial charge in [0.05, 0.1) is 17.5 Å². The fourth-order valence-corrected chi connectivity index (χ4v) is 8.12. The number of alkyl halides is 2. The molecule has 282 valence electrons. The van der Waals surface area contributed by atoms with Gasteiger partial charge in [0.25, 0.3) is 11.8 Å². The van der Waals surface area contributed by atoms with E-state index < -0.39 is 36.5 Å². The van der Waals surface area contributed by atoms with Crippen LogP contribution in [0.1, 0.15) is 93.9 Å². The van der Waals surface area contributed by atoms with Crippen LogP contribution in [0, 0.1) is 11.2 Å². The maximum absolute atomic E-state index is 14.5. The molecular weight excluding hydrogens is 671 g/mol. The van der Waals surface area contributed by atoms with Gasteiger partial charge >= 0.3 is 0 Å². The maximum Gasteiger partial charge on any atom is 0.258 e. The van der Waals surface area contributed by atoms with Crippen molar-refractivity contribution in [3.8, 4) is 17.2 Å². The van der Waals surface area contributed by atoms with Crippen molar-refractivity contribution in [1.82, 2.24) is 30.1 Å². The molecule has 4 heterocycles. The molecule has 0 bridgehead atoms. The average Bonchev–Trinajstić information content (AvgIpc) is 3.06. The predicted molar refractivity (Wildman–Crippen MR) is 194 cm³/mol. The fourth-order valence-electron chi connectivity index (χ4n) is 8.12. The number of carbonyl (C=O) groups excluding carboxylic acids is 1. The van der Waals surface area contributed by atoms with Crippen molar-refractivity contribution >= 4 is 11.7 Å². The Labute approximate surface area is 305 Å². The molecule has 10 nitrogen and oxygen atoms in total. The molecule has 1 unspecified atom stereocenters. The van der Waals surface area contributed by atoms with Crippen LogP contribution >= 0.6 is 0 Å². The van der Waals surface area contributed by atoms with Crippen LogP contribution in [-0.4, -0.2) is 95.0 Å². The second-order valence-electron chi connectivity index (χ2n) is 15.1. The molecule has 2 aromatic heterocycles. The molecule has 1 saturated heterocycles. The third kappa shape index (κ3) is 8.00. The zero-order valence-corrected chi connectivity index (χ0v) is 31.2. The molecule has 1 N–H and O–H groups in total. The normalized spacial score (nSPS) is 20.3. The molecule has 1 atom stereocenters. The first kappa shape index (κ1) is 37.8. The van der Waals surface area contributed by atoms with Crippen LogP contribution in [0.2, 0.25) is 0 Å². The number of pyridine rings is 1. The molecule has 2 saturated carbocycles. The van der Waals surface area contributed by atoms with Gasteiger partial charge in [-0.15, -0.1) is 0 Å². The van der Waals surface area contributed by atoms with Crippen LogP contribution in [0.3, 0.4) is 0 Å². The highest BCUT2D eigenvalue weighted by molar-refractivity contribution is 5.97. The van der Waals surface area contributed by atoms with Crippen molar-refractivity contribution in [2.75, 3.05) is 45.2 Å². The van der Waals surface area contributed by atoms with Gasteiger partial charge in [-0.2, -0.15) is 0 Å². The van der Waals surface area contributed by atoms with Crippen molar-refractivity contribution in [2.24, 2.45) is 5.41 Å². The third-order valence-corrected chi connectivity index (χ3v) is 10.5. The highest BCUT2D eigenvalue weighted by atomic mass is 19.3. The van der Waals surface area contributed by atoms with Crippen LogP contribution in [0.5, 0.6) is 17.2 Å². The number of anilines is 1. The molecular formula is C39H52F3N7O3. The summed E-state index contributed by atoms with van der Waals surface area (Å²) in [6.45, 7) is 11.0. The number of nitrogens with one attached hydrogen (secondary N) is 1. The molecule has 4 aliphatic rings. The Balaban J connectivity index is 0.00000228. The second kappa shape index (κ2) is 15.6. The molecule has 52 heavy (non-hydrogen) atoms. The van der Waals surface area contributed by atoms with Gasteiger partial charge in [0.15, 0.2) is 11.6 Å². The predicted octanol–water partition coefficient (Wildman–Crippen LogP) is 7.05. The van der Waals surface area contributed by atoms with E-state index in [0.29, 0.717) is 11.6 Å². The van der Waals surface area contributed by atoms with E-state index in [0.717, 1.165) is 75.8 Å². The van der Waals surface area contributed by atoms with Crippen molar-refractivity contribution in [1.29, 1.82) is 0 Å². The molecule has 7 rings (SSSR count). The van der Waals surface area contributed by atoms with E-state index in [4.69, 9.17) is 9.47 Å². The van der Waals surface area contributed by atoms with E-state index in [2.05, 4.69) is 44.2 Å². The molecule has 3 aromatic rings. The number of hydrogen-bond acceptors (Lipinski definition) is 9. The fraction of sp³-hybridized carbons (Fsp3) is 0.590. The Morgan fingerprint density at radius 1 is 1.06 bits per heavy atom. The van der Waals surface area contributed by atoms with Crippen molar-refractivity contribution in [2.45, 2.75) is 103 Å². The van der Waals surface area contributed by atoms with Gasteiger partial charge in [-0.1, -0.05) is 13.8 Å². The lowest BCUT2D eigenvalue weighted by Crippen LogP contribution is -2.65. The standard InChI is InChI=1S/C37H46F3N7O3.C2H6/c1-23(2)47(25-15-37(39,40)16-25)35(48)27-14-24(38)7-8-30(27)50-32-19-41-22-44-34(32)46-20-36(21-46)17-26(18-36)49-31-10-12-43-29-9-11-42-28(33(29)31)6-5-13-45(3)4;1-2/h7-8,10,12,14,19,22-23,25-26,28,42H,5-6,9,11,13,15-18,20-21H2,1-4H3;1-2H3. The van der Waals surface area contributed by atoms with E-state index in [9.17, 15) is 18.0 Å². The molecule has 3 fully saturated rings. The largest absolute Gasteiger partial charge is 0.490 e. The minimum atomic E-state index is -2.80. The maximum atomic E-state index is 14.5. The summed E-state index contributed by atoms with van der Waals surface area (Å²) in [5.41, 5.74) is 2.40. The van der Waals surface area contributed by atoms with Gasteiger partial charge in [-0.25, -0.2) is 23.1 Å². The second-order valence-corrected chi connectivity index (χ2v) is 15.1. The first-order chi connectivity index (χ1) is 24.9. The molecule has 0 radical (unpaired) electrons. The van der Waals surface area contributed by atoms with Crippen LogP contribution in [-0.2, 0) is 6.42 Å². The molecule has 1 amide bonds. The summed E-state index contributed by atoms with van der Waals surface area (Å²) in [6.07, 6.45) is 8.97. The van der Waals surface area contributed by atoms with E-state index in [1.165, 1.54) is 35.1 Å². The van der Waals surface area contributed by atoms with Gasteiger partial charge in [0.1, 0.15) is 29.7 Å². The number of rotatable bonds is 12. The third-order valence-electron chi connectivity index (χ3n) is 10.5. The van der Waals surface area contributed by atoms with Gasteiger partial charge in [0.2, 0.25) is 0 Å². The zero-order chi connectivity index (χ0) is 37.2. The number of amides is 1. The van der Waals surface area contributed by atoms with E-state index in [1.807, 2.05) is 26.1 Å². The quantitative estimate of drug-likeness (QED) is 0.211. The number of ether oxygens (including phenoxy) is 2. The summed E-state index contributed by atoms with van der Waals surface area (Å²) in [6, 6.07) is 4.94. The average molecular weight is 724 g/mol. The van der Waals surface area contributed by atoms with Crippen LogP contribution in [0.15, 0.2) is 43.0 Å². The van der Waals surface area contributed by atoms with Crippen LogP contribution < -0.4 is 19.7 Å². The summed E-state index contributed by atoms with van der Waals surface area (Å²) >= 11 is 0. The Morgan fingerprint density at radius 3 is 2.50 bits per heavy atom. The number of aromatic nitrogens is 3. The van der Waals surface area contributed by atoms with E-state index >= 15 is 0 Å². The Bertz CT molecular complexity index is 1700. The lowest BCUT2D eigenvalue weighted by Gasteiger charge is -2.59. The lowest BCUT2D eigenvalue weighted by atomic mass is 9.61. The summed E-state index contributed by atoms with van der Waals surface area (Å²) < 4.78 is 54.9. The number of nitrogens with zero attached hydrogens (tertiary/aromatic N) is 6. The SMILES string of the molecule is CC.CC(C)N(C(=O)c1cc(F)ccc1Oc1cncnc1N1CC2(CC(Oc3ccnc4c3C(CCCN(C)C)NCC4)C2)C1)C1CC(F)(F)C1. The summed E-state index contributed by atoms with van der Waals surface area (Å²) in [5.74, 6) is -2.02. The lowest BCUT2D eigenvalue weighted by molar-refractivity contribution is -0.120. The highest BCUT2D eigenvalue weighted by Gasteiger charge is 2.55. The first-order valence-corrected chi connectivity index (χ1v) is 18.7. The topological polar surface area (TPSA) is 96.0 Å². The summed E-state index contributed by atoms with van der Waals surface area (Å²) in [5, 5.41) is 3.68. The van der Waals surface area contributed by atoms with Crippen molar-refractivity contribution < 1.29 is 27.4 Å². The Hall–Kier alpha value is -3.97. The van der Waals surface area contributed by atoms with Gasteiger partial charge in [0, 0.05) is 74.2 Å². The molecule has 1 spiro atoms. The Kier molecular flexibility index (Phi) is 11.3. The minimum Gasteiger partial charge on any atom is -0.490 e. The number of hydrogen-bond donors (Lipinski definition) is 1. The van der Waals surface area contributed by atoms with E-state index in [1.54, 1.807) is 13.8 Å². The zero-order valence-electron chi connectivity index (χ0n) is 31.2. The molecule has 2 aliphatic carbocycles. The van der Waals surface area contributed by atoms with Crippen LogP contribution in [0.25, 0.3) is 0 Å². The van der Waals surface area contributed by atoms with Gasteiger partial charge < -0.3 is 29.5 Å². The minimum absolute atomic E-state index is 0.0313. The highest BCUT2D eigenvalue weighted by Crippen LogP contribution is 2.52. The van der Waals surface area contributed by atoms with Gasteiger partial charge in [-0.05, 0) is 84.4 Å². The first-order valence-electron chi connectivity index (χ1n) is 18.7. The summed E-state index contributed by atoms with van der Waals surface area (Å²) in [7, 11) is 4.20. The number of fused-ring (bicyclic) bond motifs is 1. The van der Waals surface area contributed by atoms with Crippen molar-refractivity contribution in [3.63, 3.8) is 0 Å². The van der Waals surface area contributed by atoms with Crippen molar-refractivity contribution in [3.05, 3.63) is 65.6 Å². The summed E-state index contributed by atoms with van der Waals surface area (Å²) in [4.78, 5) is 32.8. The molecule has 2 aliphatic heterocycles. The number of carbonyl (C=O) groups is 1. The van der Waals surface area contributed by atoms with Crippen LogP contribution in [0.4, 0.5) is 19.0 Å². The molecule has 1 aromatic carbocycles. The van der Waals surface area contributed by atoms with E-state index in [-0.39, 0.29) is 34.9 Å². The Morgan fingerprint density at radius 2 is 1.81 bits per heavy atom. The number of benzene rings is 1. The monoisotopic (exact) mass is 723 g/mol. The number of halogens is 3.